The molecule has 0 aliphatic heterocycles. The van der Waals surface area contributed by atoms with E-state index in [1.807, 2.05) is 0 Å². The van der Waals surface area contributed by atoms with E-state index in [1.54, 1.807) is 0 Å². The Hall–Kier alpha value is -0.200. The first-order chi connectivity index (χ1) is 6.83. The molecule has 14 heavy (non-hydrogen) atoms. The van der Waals surface area contributed by atoms with Gasteiger partial charge in [-0.25, -0.2) is 0 Å². The Morgan fingerprint density at radius 3 is 1.43 bits per heavy atom. The van der Waals surface area contributed by atoms with Gasteiger partial charge < -0.3 is 26.4 Å². The van der Waals surface area contributed by atoms with E-state index in [0.717, 1.165) is 32.4 Å². The quantitative estimate of drug-likeness (QED) is 0.318. The molecule has 0 bridgehead atoms. The lowest BCUT2D eigenvalue weighted by molar-refractivity contribution is 0.276. The normalized spacial score (nSPS) is 9.43. The molecule has 0 aromatic rings. The van der Waals surface area contributed by atoms with E-state index < -0.39 is 0 Å². The molecule has 0 spiro atoms. The van der Waals surface area contributed by atoms with Crippen molar-refractivity contribution in [3.05, 3.63) is 0 Å². The van der Waals surface area contributed by atoms with Crippen LogP contribution in [0, 0.1) is 0 Å². The molecule has 0 atom stereocenters. The summed E-state index contributed by atoms with van der Waals surface area (Å²) in [5, 5.41) is 27.7. The summed E-state index contributed by atoms with van der Waals surface area (Å²) in [6.45, 7) is 2.98. The number of nitrogens with one attached hydrogen (secondary N) is 1. The van der Waals surface area contributed by atoms with Gasteiger partial charge in [0.05, 0.1) is 0 Å². The molecule has 0 saturated heterocycles. The Bertz CT molecular complexity index is 76.5. The van der Waals surface area contributed by atoms with Crippen LogP contribution in [0.15, 0.2) is 0 Å². The minimum Gasteiger partial charge on any atom is -0.396 e. The molecule has 5 heteroatoms. The largest absolute Gasteiger partial charge is 0.396 e. The summed E-state index contributed by atoms with van der Waals surface area (Å²) in [6, 6.07) is 0. The van der Waals surface area contributed by atoms with Crippen molar-refractivity contribution >= 4 is 0 Å². The number of aliphatic hydroxyl groups is 3. The van der Waals surface area contributed by atoms with Crippen molar-refractivity contribution in [2.75, 3.05) is 39.5 Å². The molecule has 0 radical (unpaired) electrons. The molecule has 0 amide bonds. The molecule has 5 nitrogen and oxygen atoms in total. The second kappa shape index (κ2) is 18.6. The topological polar surface area (TPSA) is 98.7 Å². The zero-order chi connectivity index (χ0) is 11.1. The number of aliphatic hydroxyl groups excluding tert-OH is 3. The lowest BCUT2D eigenvalue weighted by Gasteiger charge is -1.99. The molecule has 0 heterocycles. The molecule has 0 rings (SSSR count). The van der Waals surface area contributed by atoms with E-state index in [1.165, 1.54) is 0 Å². The van der Waals surface area contributed by atoms with Crippen molar-refractivity contribution in [1.29, 1.82) is 0 Å². The first-order valence-corrected chi connectivity index (χ1v) is 5.06. The highest BCUT2D eigenvalue weighted by Gasteiger charge is 1.84. The van der Waals surface area contributed by atoms with Crippen molar-refractivity contribution < 1.29 is 15.3 Å². The minimum absolute atomic E-state index is 0.219. The average Bonchev–Trinajstić information content (AvgIpc) is 2.20. The van der Waals surface area contributed by atoms with Gasteiger partial charge >= 0.3 is 0 Å². The van der Waals surface area contributed by atoms with Gasteiger partial charge in [-0.3, -0.25) is 0 Å². The van der Waals surface area contributed by atoms with Gasteiger partial charge in [-0.05, 0) is 38.9 Å². The van der Waals surface area contributed by atoms with Gasteiger partial charge in [0.15, 0.2) is 0 Å². The average molecular weight is 208 g/mol. The van der Waals surface area contributed by atoms with Crippen molar-refractivity contribution in [1.82, 2.24) is 5.32 Å². The van der Waals surface area contributed by atoms with Gasteiger partial charge in [-0.15, -0.1) is 0 Å². The maximum Gasteiger partial charge on any atom is 0.0443 e. The number of rotatable bonds is 8. The maximum absolute atomic E-state index is 8.33. The third-order valence-corrected chi connectivity index (χ3v) is 1.39. The standard InChI is InChI=1S/C6H15NO2.C3H9NO/c8-5-1-3-7-4-2-6-9;4-2-1-3-5/h7-9H,1-6H2;5H,1-4H2. The summed E-state index contributed by atoms with van der Waals surface area (Å²) in [5.41, 5.74) is 4.98. The van der Waals surface area contributed by atoms with E-state index in [9.17, 15) is 0 Å². The van der Waals surface area contributed by atoms with Gasteiger partial charge in [0, 0.05) is 19.8 Å². The zero-order valence-corrected chi connectivity index (χ0v) is 8.78. The Morgan fingerprint density at radius 1 is 0.786 bits per heavy atom. The van der Waals surface area contributed by atoms with Crippen molar-refractivity contribution in [2.45, 2.75) is 19.3 Å². The third kappa shape index (κ3) is 22.6. The van der Waals surface area contributed by atoms with Crippen molar-refractivity contribution in [2.24, 2.45) is 5.73 Å². The van der Waals surface area contributed by atoms with Crippen LogP contribution in [-0.2, 0) is 0 Å². The second-order valence-electron chi connectivity index (χ2n) is 2.77. The van der Waals surface area contributed by atoms with E-state index in [0.29, 0.717) is 6.54 Å². The smallest absolute Gasteiger partial charge is 0.0443 e. The molecule has 6 N–H and O–H groups in total. The van der Waals surface area contributed by atoms with E-state index >= 15 is 0 Å². The predicted molar refractivity (Wildman–Crippen MR) is 57.0 cm³/mol. The molecule has 0 aromatic heterocycles. The fourth-order valence-electron chi connectivity index (χ4n) is 0.624. The zero-order valence-electron chi connectivity index (χ0n) is 8.78. The van der Waals surface area contributed by atoms with Gasteiger partial charge in [0.2, 0.25) is 0 Å². The summed E-state index contributed by atoms with van der Waals surface area (Å²) in [5.74, 6) is 0. The van der Waals surface area contributed by atoms with E-state index in [4.69, 9.17) is 21.1 Å². The Morgan fingerprint density at radius 2 is 1.21 bits per heavy atom. The fourth-order valence-corrected chi connectivity index (χ4v) is 0.624. The van der Waals surface area contributed by atoms with Crippen molar-refractivity contribution in [3.8, 4) is 0 Å². The summed E-state index contributed by atoms with van der Waals surface area (Å²) < 4.78 is 0. The molecule has 0 fully saturated rings. The van der Waals surface area contributed by atoms with Gasteiger partial charge in [0.25, 0.3) is 0 Å². The van der Waals surface area contributed by atoms with E-state index in [2.05, 4.69) is 5.32 Å². The van der Waals surface area contributed by atoms with Crippen LogP contribution in [-0.4, -0.2) is 54.8 Å². The summed E-state index contributed by atoms with van der Waals surface area (Å²) >= 11 is 0. The molecule has 88 valence electrons. The minimum atomic E-state index is 0.219. The highest BCUT2D eigenvalue weighted by Crippen LogP contribution is 1.74. The summed E-state index contributed by atoms with van der Waals surface area (Å²) in [7, 11) is 0. The number of hydrogen-bond acceptors (Lipinski definition) is 5. The Balaban J connectivity index is 0. The maximum atomic E-state index is 8.33. The summed E-state index contributed by atoms with van der Waals surface area (Å²) in [6.07, 6.45) is 2.32. The lowest BCUT2D eigenvalue weighted by Crippen LogP contribution is -2.18. The fraction of sp³-hybridized carbons (Fsp3) is 1.00. The van der Waals surface area contributed by atoms with Crippen LogP contribution in [0.3, 0.4) is 0 Å². The first kappa shape index (κ1) is 16.2. The van der Waals surface area contributed by atoms with Crippen molar-refractivity contribution in [3.63, 3.8) is 0 Å². The molecule has 0 saturated carbocycles. The Kier molecular flexibility index (Phi) is 21.5. The number of nitrogens with two attached hydrogens (primary N) is 1. The molecule has 0 aliphatic carbocycles. The third-order valence-electron chi connectivity index (χ3n) is 1.39. The molecular formula is C9H24N2O3. The van der Waals surface area contributed by atoms with Crippen LogP contribution >= 0.6 is 0 Å². The van der Waals surface area contributed by atoms with Gasteiger partial charge in [-0.1, -0.05) is 0 Å². The second-order valence-corrected chi connectivity index (χ2v) is 2.77. The highest BCUT2D eigenvalue weighted by atomic mass is 16.3. The summed E-state index contributed by atoms with van der Waals surface area (Å²) in [4.78, 5) is 0. The highest BCUT2D eigenvalue weighted by molar-refractivity contribution is 4.45. The Labute approximate surface area is 85.9 Å². The number of hydrogen-bond donors (Lipinski definition) is 5. The lowest BCUT2D eigenvalue weighted by atomic mass is 10.4. The van der Waals surface area contributed by atoms with Crippen LogP contribution in [0.25, 0.3) is 0 Å². The van der Waals surface area contributed by atoms with Crippen LogP contribution in [0.5, 0.6) is 0 Å². The van der Waals surface area contributed by atoms with Crippen LogP contribution in [0.2, 0.25) is 0 Å². The molecule has 0 aromatic carbocycles. The van der Waals surface area contributed by atoms with Crippen LogP contribution in [0.1, 0.15) is 19.3 Å². The SMILES string of the molecule is NCCCO.OCCCNCCCO. The van der Waals surface area contributed by atoms with E-state index in [-0.39, 0.29) is 19.8 Å². The predicted octanol–water partition coefficient (Wildman–Crippen LogP) is -1.33. The van der Waals surface area contributed by atoms with Crippen LogP contribution < -0.4 is 11.1 Å². The first-order valence-electron chi connectivity index (χ1n) is 5.06. The monoisotopic (exact) mass is 208 g/mol. The van der Waals surface area contributed by atoms with Gasteiger partial charge in [-0.2, -0.15) is 0 Å². The molecule has 0 unspecified atom stereocenters. The molecular weight excluding hydrogens is 184 g/mol. The van der Waals surface area contributed by atoms with Crippen LogP contribution in [0.4, 0.5) is 0 Å². The van der Waals surface area contributed by atoms with Gasteiger partial charge in [0.1, 0.15) is 0 Å². The molecule has 0 aliphatic rings.